The number of benzene rings is 1. The molecule has 0 spiro atoms. The molecule has 0 saturated carbocycles. The fraction of sp³-hybridized carbons (Fsp3) is 0.462. The smallest absolute Gasteiger partial charge is 0.229 e. The lowest BCUT2D eigenvalue weighted by atomic mass is 9.88. The number of hydrogen-bond acceptors (Lipinski definition) is 2. The number of amides is 1. The molecule has 0 aliphatic carbocycles. The summed E-state index contributed by atoms with van der Waals surface area (Å²) in [6.45, 7) is 0. The molecule has 3 nitrogen and oxygen atoms in total. The fourth-order valence-electron chi connectivity index (χ4n) is 2.92. The van der Waals surface area contributed by atoms with Crippen molar-refractivity contribution in [3.05, 3.63) is 29.0 Å². The molecule has 2 N–H and O–H groups in total. The Morgan fingerprint density at radius 3 is 2.89 bits per heavy atom. The number of rotatable bonds is 2. The molecule has 3 unspecified atom stereocenters. The Morgan fingerprint density at radius 2 is 2.28 bits per heavy atom. The van der Waals surface area contributed by atoms with Gasteiger partial charge in [0.25, 0.3) is 0 Å². The molecule has 2 aliphatic heterocycles. The molecule has 1 aromatic rings. The third-order valence-electron chi connectivity index (χ3n) is 3.82. The van der Waals surface area contributed by atoms with Crippen LogP contribution in [0.3, 0.4) is 0 Å². The highest BCUT2D eigenvalue weighted by Crippen LogP contribution is 2.34. The monoisotopic (exact) mass is 268 g/mol. The van der Waals surface area contributed by atoms with Gasteiger partial charge in [-0.15, -0.1) is 0 Å². The van der Waals surface area contributed by atoms with Gasteiger partial charge in [0.1, 0.15) is 5.82 Å². The van der Waals surface area contributed by atoms with Gasteiger partial charge in [-0.05, 0) is 37.5 Å². The van der Waals surface area contributed by atoms with Gasteiger partial charge >= 0.3 is 0 Å². The highest BCUT2D eigenvalue weighted by molar-refractivity contribution is 6.31. The summed E-state index contributed by atoms with van der Waals surface area (Å²) in [6, 6.07) is 5.01. The average Bonchev–Trinajstić information content (AvgIpc) is 2.96. The minimum Gasteiger partial charge on any atom is -0.326 e. The largest absolute Gasteiger partial charge is 0.326 e. The first-order valence-electron chi connectivity index (χ1n) is 6.15. The zero-order chi connectivity index (χ0) is 12.7. The highest BCUT2D eigenvalue weighted by Gasteiger charge is 2.42. The molecule has 2 heterocycles. The van der Waals surface area contributed by atoms with E-state index in [-0.39, 0.29) is 16.8 Å². The summed E-state index contributed by atoms with van der Waals surface area (Å²) < 4.78 is 13.0. The van der Waals surface area contributed by atoms with E-state index in [1.165, 1.54) is 18.2 Å². The van der Waals surface area contributed by atoms with Crippen LogP contribution in [0.4, 0.5) is 10.1 Å². The van der Waals surface area contributed by atoms with E-state index < -0.39 is 5.82 Å². The summed E-state index contributed by atoms with van der Waals surface area (Å²) >= 11 is 5.68. The van der Waals surface area contributed by atoms with Crippen LogP contribution in [0.25, 0.3) is 0 Å². The summed E-state index contributed by atoms with van der Waals surface area (Å²) in [6.07, 6.45) is 3.12. The predicted molar refractivity (Wildman–Crippen MR) is 68.1 cm³/mol. The second-order valence-corrected chi connectivity index (χ2v) is 5.41. The zero-order valence-corrected chi connectivity index (χ0v) is 10.5. The zero-order valence-electron chi connectivity index (χ0n) is 9.75. The number of nitrogens with one attached hydrogen (secondary N) is 2. The number of halogens is 2. The standard InChI is InChI=1S/C13H14ClFN2O/c14-10-6-8(1-3-11(10)15)17-13(18)9-5-7-2-4-12(9)16-7/h1,3,6-7,9,12,16H,2,4-5H2,(H,17,18). The van der Waals surface area contributed by atoms with Crippen LogP contribution in [0.2, 0.25) is 5.02 Å². The lowest BCUT2D eigenvalue weighted by molar-refractivity contribution is -0.120. The van der Waals surface area contributed by atoms with E-state index in [0.29, 0.717) is 17.8 Å². The molecule has 18 heavy (non-hydrogen) atoms. The SMILES string of the molecule is O=C(Nc1ccc(F)c(Cl)c1)C1CC2CCC1N2. The minimum atomic E-state index is -0.476. The van der Waals surface area contributed by atoms with Crippen molar-refractivity contribution in [3.63, 3.8) is 0 Å². The maximum Gasteiger partial charge on any atom is 0.229 e. The quantitative estimate of drug-likeness (QED) is 0.866. The van der Waals surface area contributed by atoms with Crippen molar-refractivity contribution in [1.29, 1.82) is 0 Å². The Labute approximate surface area is 110 Å². The van der Waals surface area contributed by atoms with Crippen molar-refractivity contribution in [3.8, 4) is 0 Å². The molecule has 1 amide bonds. The van der Waals surface area contributed by atoms with Crippen molar-refractivity contribution in [2.45, 2.75) is 31.3 Å². The Kier molecular flexibility index (Phi) is 2.99. The van der Waals surface area contributed by atoms with Crippen LogP contribution >= 0.6 is 11.6 Å². The van der Waals surface area contributed by atoms with Gasteiger partial charge in [0.2, 0.25) is 5.91 Å². The van der Waals surface area contributed by atoms with Crippen LogP contribution in [-0.2, 0) is 4.79 Å². The number of anilines is 1. The van der Waals surface area contributed by atoms with Gasteiger partial charge in [0.15, 0.2) is 0 Å². The van der Waals surface area contributed by atoms with Gasteiger partial charge < -0.3 is 10.6 Å². The lowest BCUT2D eigenvalue weighted by Crippen LogP contribution is -2.32. The molecule has 0 radical (unpaired) electrons. The number of hydrogen-bond donors (Lipinski definition) is 2. The maximum absolute atomic E-state index is 13.0. The molecule has 0 aromatic heterocycles. The number of carbonyl (C=O) groups is 1. The molecule has 3 atom stereocenters. The molecule has 3 rings (SSSR count). The van der Waals surface area contributed by atoms with Crippen molar-refractivity contribution in [1.82, 2.24) is 5.32 Å². The Hall–Kier alpha value is -1.13. The highest BCUT2D eigenvalue weighted by atomic mass is 35.5. The third kappa shape index (κ3) is 2.10. The molecule has 2 saturated heterocycles. The topological polar surface area (TPSA) is 41.1 Å². The van der Waals surface area contributed by atoms with E-state index in [2.05, 4.69) is 10.6 Å². The van der Waals surface area contributed by atoms with Gasteiger partial charge in [-0.25, -0.2) is 4.39 Å². The van der Waals surface area contributed by atoms with Gasteiger partial charge in [-0.1, -0.05) is 11.6 Å². The summed E-state index contributed by atoms with van der Waals surface area (Å²) in [5, 5.41) is 6.25. The number of fused-ring (bicyclic) bond motifs is 2. The first kappa shape index (κ1) is 11.9. The van der Waals surface area contributed by atoms with Crippen molar-refractivity contribution < 1.29 is 9.18 Å². The maximum atomic E-state index is 13.0. The normalized spacial score (nSPS) is 29.6. The molecular weight excluding hydrogens is 255 g/mol. The van der Waals surface area contributed by atoms with Crippen LogP contribution < -0.4 is 10.6 Å². The van der Waals surface area contributed by atoms with E-state index in [9.17, 15) is 9.18 Å². The Morgan fingerprint density at radius 1 is 1.44 bits per heavy atom. The van der Waals surface area contributed by atoms with Crippen LogP contribution in [0, 0.1) is 11.7 Å². The third-order valence-corrected chi connectivity index (χ3v) is 4.11. The summed E-state index contributed by atoms with van der Waals surface area (Å²) in [5.74, 6) is -0.457. The van der Waals surface area contributed by atoms with Crippen molar-refractivity contribution in [2.75, 3.05) is 5.32 Å². The predicted octanol–water partition coefficient (Wildman–Crippen LogP) is 2.56. The van der Waals surface area contributed by atoms with Gasteiger partial charge in [-0.2, -0.15) is 0 Å². The average molecular weight is 269 g/mol. The van der Waals surface area contributed by atoms with Gasteiger partial charge in [0, 0.05) is 17.8 Å². The summed E-state index contributed by atoms with van der Waals surface area (Å²) in [7, 11) is 0. The second kappa shape index (κ2) is 4.52. The van der Waals surface area contributed by atoms with Crippen LogP contribution in [-0.4, -0.2) is 18.0 Å². The van der Waals surface area contributed by atoms with Crippen molar-refractivity contribution >= 4 is 23.2 Å². The van der Waals surface area contributed by atoms with Crippen LogP contribution in [0.15, 0.2) is 18.2 Å². The molecule has 96 valence electrons. The van der Waals surface area contributed by atoms with E-state index >= 15 is 0 Å². The minimum absolute atomic E-state index is 0.00243. The van der Waals surface area contributed by atoms with E-state index in [1.807, 2.05) is 0 Å². The first-order chi connectivity index (χ1) is 8.63. The molecule has 1 aromatic carbocycles. The molecule has 2 bridgehead atoms. The summed E-state index contributed by atoms with van der Waals surface area (Å²) in [5.41, 5.74) is 0.550. The Bertz CT molecular complexity index is 494. The molecule has 2 fully saturated rings. The molecule has 2 aliphatic rings. The van der Waals surface area contributed by atoms with Crippen molar-refractivity contribution in [2.24, 2.45) is 5.92 Å². The van der Waals surface area contributed by atoms with Gasteiger partial charge in [0.05, 0.1) is 10.9 Å². The second-order valence-electron chi connectivity index (χ2n) is 5.01. The first-order valence-corrected chi connectivity index (χ1v) is 6.53. The van der Waals surface area contributed by atoms with E-state index in [4.69, 9.17) is 11.6 Å². The Balaban J connectivity index is 1.69. The lowest BCUT2D eigenvalue weighted by Gasteiger charge is -2.19. The van der Waals surface area contributed by atoms with Gasteiger partial charge in [-0.3, -0.25) is 4.79 Å². The number of carbonyl (C=O) groups excluding carboxylic acids is 1. The van der Waals surface area contributed by atoms with Crippen LogP contribution in [0.1, 0.15) is 19.3 Å². The fourth-order valence-corrected chi connectivity index (χ4v) is 3.10. The molecular formula is C13H14ClFN2O. The van der Waals surface area contributed by atoms with E-state index in [1.54, 1.807) is 0 Å². The van der Waals surface area contributed by atoms with Crippen LogP contribution in [0.5, 0.6) is 0 Å². The molecule has 5 heteroatoms. The van der Waals surface area contributed by atoms with E-state index in [0.717, 1.165) is 19.3 Å². The summed E-state index contributed by atoms with van der Waals surface area (Å²) in [4.78, 5) is 12.1.